The number of nitrogens with zero attached hydrogens (tertiary/aromatic N) is 3. The molecule has 0 bridgehead atoms. The molecule has 1 aromatic rings. The molecule has 0 aliphatic rings. The number of hydrogen-bond donors (Lipinski definition) is 1. The first-order chi connectivity index (χ1) is 8.67. The monoisotopic (exact) mass is 265 g/mol. The van der Waals surface area contributed by atoms with Crippen molar-refractivity contribution in [2.45, 2.75) is 6.92 Å². The molecule has 0 fully saturated rings. The summed E-state index contributed by atoms with van der Waals surface area (Å²) in [4.78, 5) is 22.1. The highest BCUT2D eigenvalue weighted by atomic mass is 32.2. The fraction of sp³-hybridized carbons (Fsp3) is 0.273. The average molecular weight is 265 g/mol. The molecule has 94 valence electrons. The second-order valence-electron chi connectivity index (χ2n) is 3.30. The Morgan fingerprint density at radius 2 is 2.00 bits per heavy atom. The van der Waals surface area contributed by atoms with E-state index in [1.165, 1.54) is 18.8 Å². The third-order valence-corrected chi connectivity index (χ3v) is 2.92. The molecule has 0 aliphatic heterocycles. The minimum absolute atomic E-state index is 0.0274. The Balaban J connectivity index is 2.57. The van der Waals surface area contributed by atoms with E-state index in [2.05, 4.69) is 15.4 Å². The SMILES string of the molecule is CN=N/N=C(\C)SCC(=O)c1ccc([NH+]=O)cc1. The molecule has 6 nitrogen and oxygen atoms in total. The van der Waals surface area contributed by atoms with Gasteiger partial charge in [0.25, 0.3) is 5.69 Å². The molecule has 0 radical (unpaired) electrons. The second kappa shape index (κ2) is 7.44. The van der Waals surface area contributed by atoms with E-state index < -0.39 is 0 Å². The summed E-state index contributed by atoms with van der Waals surface area (Å²) in [6.45, 7) is 1.76. The molecule has 0 saturated carbocycles. The van der Waals surface area contributed by atoms with E-state index in [0.29, 0.717) is 16.3 Å². The maximum atomic E-state index is 11.8. The molecule has 0 spiro atoms. The molecule has 1 N–H and O–H groups in total. The Hall–Kier alpha value is -1.89. The van der Waals surface area contributed by atoms with Crippen LogP contribution in [0.15, 0.2) is 39.7 Å². The average Bonchev–Trinajstić information content (AvgIpc) is 2.42. The largest absolute Gasteiger partial charge is 0.293 e. The molecule has 0 heterocycles. The minimum atomic E-state index is -0.0274. The number of hydrogen-bond acceptors (Lipinski definition) is 5. The molecule has 0 aromatic heterocycles. The lowest BCUT2D eigenvalue weighted by Gasteiger charge is -1.99. The van der Waals surface area contributed by atoms with Crippen molar-refractivity contribution < 1.29 is 9.97 Å². The summed E-state index contributed by atoms with van der Waals surface area (Å²) in [6.07, 6.45) is 0. The first kappa shape index (κ1) is 14.2. The van der Waals surface area contributed by atoms with Crippen LogP contribution in [0.5, 0.6) is 0 Å². The molecule has 0 atom stereocenters. The molecular weight excluding hydrogens is 252 g/mol. The van der Waals surface area contributed by atoms with Crippen LogP contribution < -0.4 is 5.18 Å². The van der Waals surface area contributed by atoms with Gasteiger partial charge in [-0.05, 0) is 24.3 Å². The molecule has 18 heavy (non-hydrogen) atoms. The predicted molar refractivity (Wildman–Crippen MR) is 71.1 cm³/mol. The van der Waals surface area contributed by atoms with Crippen molar-refractivity contribution in [3.63, 3.8) is 0 Å². The van der Waals surface area contributed by atoms with Crippen molar-refractivity contribution in [2.75, 3.05) is 12.8 Å². The van der Waals surface area contributed by atoms with Gasteiger partial charge in [-0.15, -0.1) is 16.9 Å². The number of thioether (sulfide) groups is 1. The molecular formula is C11H13N4O2S+. The van der Waals surface area contributed by atoms with Crippen LogP contribution in [-0.4, -0.2) is 23.6 Å². The predicted octanol–water partition coefficient (Wildman–Crippen LogP) is 1.50. The number of ketones is 1. The zero-order valence-electron chi connectivity index (χ0n) is 10.1. The van der Waals surface area contributed by atoms with Gasteiger partial charge in [-0.1, -0.05) is 0 Å². The number of benzene rings is 1. The Bertz CT molecular complexity index is 482. The summed E-state index contributed by atoms with van der Waals surface area (Å²) in [5, 5.41) is 13.2. The first-order valence-electron chi connectivity index (χ1n) is 5.15. The van der Waals surface area contributed by atoms with E-state index in [4.69, 9.17) is 0 Å². The van der Waals surface area contributed by atoms with Crippen LogP contribution >= 0.6 is 11.8 Å². The first-order valence-corrected chi connectivity index (χ1v) is 6.13. The van der Waals surface area contributed by atoms with Crippen LogP contribution in [0.3, 0.4) is 0 Å². The lowest BCUT2D eigenvalue weighted by molar-refractivity contribution is -0.379. The van der Waals surface area contributed by atoms with Crippen LogP contribution in [0.2, 0.25) is 0 Å². The Labute approximate surface area is 109 Å². The highest BCUT2D eigenvalue weighted by Crippen LogP contribution is 2.11. The molecule has 1 aromatic carbocycles. The Kier molecular flexibility index (Phi) is 5.86. The van der Waals surface area contributed by atoms with Crippen LogP contribution in [0.25, 0.3) is 0 Å². The van der Waals surface area contributed by atoms with E-state index in [0.717, 1.165) is 0 Å². The summed E-state index contributed by atoms with van der Waals surface area (Å²) in [5.74, 6) is 0.249. The molecule has 7 heteroatoms. The van der Waals surface area contributed by atoms with Crippen molar-refractivity contribution in [2.24, 2.45) is 15.4 Å². The van der Waals surface area contributed by atoms with Crippen molar-refractivity contribution in [1.82, 2.24) is 0 Å². The van der Waals surface area contributed by atoms with E-state index >= 15 is 0 Å². The lowest BCUT2D eigenvalue weighted by Crippen LogP contribution is -2.55. The highest BCUT2D eigenvalue weighted by Gasteiger charge is 2.08. The van der Waals surface area contributed by atoms with Gasteiger partial charge in [-0.2, -0.15) is 5.11 Å². The third-order valence-electron chi connectivity index (χ3n) is 2.01. The van der Waals surface area contributed by atoms with E-state index in [1.54, 1.807) is 36.4 Å². The lowest BCUT2D eigenvalue weighted by atomic mass is 10.1. The molecule has 0 unspecified atom stereocenters. The van der Waals surface area contributed by atoms with Crippen molar-refractivity contribution in [3.8, 4) is 0 Å². The van der Waals surface area contributed by atoms with E-state index in [9.17, 15) is 9.70 Å². The van der Waals surface area contributed by atoms with Crippen LogP contribution in [0.4, 0.5) is 5.69 Å². The normalized spacial score (nSPS) is 11.8. The number of Topliss-reactive ketones (excluding diaryl/α,β-unsaturated/α-hetero) is 1. The van der Waals surface area contributed by atoms with E-state index in [1.807, 2.05) is 0 Å². The standard InChI is InChI=1S/C11H12N4O2S/c1-8(13-15-12-2)18-7-11(16)9-3-5-10(14-17)6-4-9/h3-6H,7H2,1-2H3/p+1/b13-8+,15-12?. The van der Waals surface area contributed by atoms with Gasteiger partial charge in [0.15, 0.2) is 5.78 Å². The summed E-state index contributed by atoms with van der Waals surface area (Å²) >= 11 is 1.30. The van der Waals surface area contributed by atoms with Crippen molar-refractivity contribution in [1.29, 1.82) is 0 Å². The van der Waals surface area contributed by atoms with Crippen LogP contribution in [0.1, 0.15) is 17.3 Å². The third kappa shape index (κ3) is 4.54. The summed E-state index contributed by atoms with van der Waals surface area (Å²) in [7, 11) is 1.53. The summed E-state index contributed by atoms with van der Waals surface area (Å²) < 4.78 is 0. The molecule has 1 rings (SSSR count). The van der Waals surface area contributed by atoms with Gasteiger partial charge in [-0.25, -0.2) is 0 Å². The number of carbonyl (C=O) groups excluding carboxylic acids is 1. The molecule has 0 aliphatic carbocycles. The van der Waals surface area contributed by atoms with Gasteiger partial charge in [0.05, 0.1) is 17.8 Å². The molecule has 0 amide bonds. The van der Waals surface area contributed by atoms with Gasteiger partial charge >= 0.3 is 0 Å². The van der Waals surface area contributed by atoms with Gasteiger partial charge in [0, 0.05) is 27.8 Å². The number of carbonyl (C=O) groups is 1. The van der Waals surface area contributed by atoms with Crippen molar-refractivity contribution in [3.05, 3.63) is 34.7 Å². The maximum Gasteiger partial charge on any atom is 0.253 e. The van der Waals surface area contributed by atoms with Crippen molar-refractivity contribution >= 4 is 28.3 Å². The quantitative estimate of drug-likeness (QED) is 0.288. The number of rotatable bonds is 5. The van der Waals surface area contributed by atoms with Gasteiger partial charge in [0.1, 0.15) is 0 Å². The fourth-order valence-corrected chi connectivity index (χ4v) is 1.71. The van der Waals surface area contributed by atoms with E-state index in [-0.39, 0.29) is 11.5 Å². The Morgan fingerprint density at radius 3 is 2.56 bits per heavy atom. The topological polar surface area (TPSA) is 85.2 Å². The van der Waals surface area contributed by atoms with Crippen LogP contribution in [-0.2, 0) is 0 Å². The highest BCUT2D eigenvalue weighted by molar-refractivity contribution is 8.14. The number of nitroso groups, excluding NO2 is 1. The summed E-state index contributed by atoms with van der Waals surface area (Å²) in [5.41, 5.74) is 0.992. The summed E-state index contributed by atoms with van der Waals surface area (Å²) in [6, 6.07) is 6.36. The zero-order valence-corrected chi connectivity index (χ0v) is 10.9. The van der Waals surface area contributed by atoms with Gasteiger partial charge < -0.3 is 0 Å². The zero-order chi connectivity index (χ0) is 13.4. The second-order valence-corrected chi connectivity index (χ2v) is 4.47. The van der Waals surface area contributed by atoms with Gasteiger partial charge in [0.2, 0.25) is 0 Å². The molecule has 0 saturated heterocycles. The maximum absolute atomic E-state index is 11.8. The van der Waals surface area contributed by atoms with Gasteiger partial charge in [-0.3, -0.25) is 4.79 Å². The number of nitrogens with one attached hydrogen (secondary N) is 1. The Morgan fingerprint density at radius 1 is 1.33 bits per heavy atom. The fourth-order valence-electron chi connectivity index (χ4n) is 1.11. The minimum Gasteiger partial charge on any atom is -0.293 e. The smallest absolute Gasteiger partial charge is 0.253 e. The van der Waals surface area contributed by atoms with Crippen LogP contribution in [0, 0.1) is 4.91 Å².